The van der Waals surface area contributed by atoms with Gasteiger partial charge in [0.1, 0.15) is 5.82 Å². The second-order valence-corrected chi connectivity index (χ2v) is 10.9. The van der Waals surface area contributed by atoms with Crippen LogP contribution >= 0.6 is 23.5 Å². The number of amides is 1. The van der Waals surface area contributed by atoms with Crippen molar-refractivity contribution in [3.8, 4) is 0 Å². The summed E-state index contributed by atoms with van der Waals surface area (Å²) in [7, 11) is 0. The van der Waals surface area contributed by atoms with Crippen LogP contribution in [-0.4, -0.2) is 11.4 Å². The van der Waals surface area contributed by atoms with Crippen molar-refractivity contribution in [1.29, 1.82) is 0 Å². The first-order valence-corrected chi connectivity index (χ1v) is 13.5. The van der Waals surface area contributed by atoms with E-state index in [4.69, 9.17) is 5.73 Å². The minimum atomic E-state index is -0.337. The summed E-state index contributed by atoms with van der Waals surface area (Å²) in [5, 5.41) is 7.32. The van der Waals surface area contributed by atoms with Crippen LogP contribution in [0.15, 0.2) is 82.7 Å². The highest BCUT2D eigenvalue weighted by molar-refractivity contribution is 8.09. The highest BCUT2D eigenvalue weighted by Crippen LogP contribution is 2.41. The Hall–Kier alpha value is -3.16. The van der Waals surface area contributed by atoms with Gasteiger partial charge in [-0.3, -0.25) is 4.79 Å². The van der Waals surface area contributed by atoms with Gasteiger partial charge in [-0.15, -0.1) is 0 Å². The first-order chi connectivity index (χ1) is 17.3. The van der Waals surface area contributed by atoms with E-state index in [-0.39, 0.29) is 23.6 Å². The second kappa shape index (κ2) is 11.7. The van der Waals surface area contributed by atoms with Crippen LogP contribution in [0, 0.1) is 19.7 Å². The molecular formula is C29H30FN3OS2. The lowest BCUT2D eigenvalue weighted by molar-refractivity contribution is -0.120. The maximum atomic E-state index is 13.5. The van der Waals surface area contributed by atoms with Crippen molar-refractivity contribution >= 4 is 40.0 Å². The summed E-state index contributed by atoms with van der Waals surface area (Å²) in [5.74, 6) is -0.361. The number of nitrogens with one attached hydrogen (secondary N) is 2. The molecular weight excluding hydrogens is 489 g/mol. The zero-order valence-corrected chi connectivity index (χ0v) is 22.2. The van der Waals surface area contributed by atoms with Crippen molar-refractivity contribution in [3.63, 3.8) is 0 Å². The lowest BCUT2D eigenvalue weighted by Crippen LogP contribution is -2.40. The van der Waals surface area contributed by atoms with E-state index in [1.807, 2.05) is 38.1 Å². The molecule has 0 spiro atoms. The molecule has 0 aliphatic carbocycles. The molecule has 1 atom stereocenters. The van der Waals surface area contributed by atoms with E-state index in [2.05, 4.69) is 41.8 Å². The summed E-state index contributed by atoms with van der Waals surface area (Å²) in [6.45, 7) is 6.14. The van der Waals surface area contributed by atoms with Crippen LogP contribution in [0.25, 0.3) is 10.6 Å². The topological polar surface area (TPSA) is 67.2 Å². The van der Waals surface area contributed by atoms with E-state index in [0.29, 0.717) is 0 Å². The molecule has 0 saturated carbocycles. The number of halogens is 1. The number of thioether (sulfide) groups is 2. The van der Waals surface area contributed by atoms with Crippen molar-refractivity contribution in [2.75, 3.05) is 0 Å². The number of carbonyl (C=O) groups excluding carboxylic acids is 1. The van der Waals surface area contributed by atoms with Gasteiger partial charge in [-0.05, 0) is 60.7 Å². The molecule has 3 aromatic carbocycles. The molecule has 1 amide bonds. The van der Waals surface area contributed by atoms with Gasteiger partial charge >= 0.3 is 0 Å². The average molecular weight is 520 g/mol. The largest absolute Gasteiger partial charge is 0.394 e. The number of benzene rings is 3. The zero-order chi connectivity index (χ0) is 25.7. The normalized spacial score (nSPS) is 15.7. The first-order valence-electron chi connectivity index (χ1n) is 11.8. The molecule has 4 N–H and O–H groups in total. The zero-order valence-electron chi connectivity index (χ0n) is 20.6. The van der Waals surface area contributed by atoms with E-state index >= 15 is 0 Å². The first kappa shape index (κ1) is 25.9. The van der Waals surface area contributed by atoms with Crippen molar-refractivity contribution in [2.24, 2.45) is 5.73 Å². The molecule has 1 aliphatic rings. The summed E-state index contributed by atoms with van der Waals surface area (Å²) in [5.41, 5.74) is 11.8. The van der Waals surface area contributed by atoms with Gasteiger partial charge in [-0.25, -0.2) is 4.39 Å². The number of hydrogen-bond donors (Lipinski definition) is 3. The lowest BCUT2D eigenvalue weighted by atomic mass is 10.1. The molecule has 4 nitrogen and oxygen atoms in total. The van der Waals surface area contributed by atoms with Gasteiger partial charge < -0.3 is 16.4 Å². The monoisotopic (exact) mass is 519 g/mol. The number of allylic oxidation sites excluding steroid dienone is 1. The summed E-state index contributed by atoms with van der Waals surface area (Å²) in [6.07, 6.45) is 3.13. The van der Waals surface area contributed by atoms with Gasteiger partial charge in [0.2, 0.25) is 5.91 Å². The van der Waals surface area contributed by atoms with E-state index in [9.17, 15) is 9.18 Å². The molecule has 0 radical (unpaired) electrons. The van der Waals surface area contributed by atoms with Crippen LogP contribution in [0.2, 0.25) is 0 Å². The number of nitrogens with two attached hydrogens (primary N) is 1. The Morgan fingerprint density at radius 2 is 1.78 bits per heavy atom. The van der Waals surface area contributed by atoms with E-state index in [1.54, 1.807) is 12.1 Å². The third-order valence-electron chi connectivity index (χ3n) is 5.73. The van der Waals surface area contributed by atoms with Gasteiger partial charge in [0, 0.05) is 9.80 Å². The van der Waals surface area contributed by atoms with Crippen LogP contribution in [0.5, 0.6) is 0 Å². The molecule has 1 heterocycles. The Kier molecular flexibility index (Phi) is 8.44. The third-order valence-corrected chi connectivity index (χ3v) is 7.94. The minimum absolute atomic E-state index is 0.0829. The molecule has 1 aliphatic heterocycles. The molecule has 36 heavy (non-hydrogen) atoms. The van der Waals surface area contributed by atoms with Gasteiger partial charge in [0.05, 0.1) is 17.1 Å². The van der Waals surface area contributed by atoms with Gasteiger partial charge in [-0.2, -0.15) is 0 Å². The third kappa shape index (κ3) is 6.53. The fraction of sp³-hybridized carbons (Fsp3) is 0.207. The van der Waals surface area contributed by atoms with Crippen molar-refractivity contribution in [3.05, 3.63) is 111 Å². The Morgan fingerprint density at radius 3 is 2.47 bits per heavy atom. The predicted molar refractivity (Wildman–Crippen MR) is 150 cm³/mol. The van der Waals surface area contributed by atoms with Gasteiger partial charge in [-0.1, -0.05) is 90.6 Å². The number of hydrogen-bond acceptors (Lipinski definition) is 5. The molecule has 3 aromatic rings. The van der Waals surface area contributed by atoms with Crippen LogP contribution in [0.4, 0.5) is 4.39 Å². The molecule has 0 bridgehead atoms. The Bertz CT molecular complexity index is 1240. The Labute approximate surface area is 220 Å². The lowest BCUT2D eigenvalue weighted by Gasteiger charge is -2.15. The molecule has 1 unspecified atom stereocenters. The standard InChI is InChI=1S/C29H30FN3OS2/c1-4-5-25(31)35-24-16-20(9-8-19(24)3)17-26(34)32-29-33-27(21-10-6-18(2)7-11-21)28(36-29)22-12-14-23(30)15-13-22/h5-16,29,33H,4,17,31H2,1-3H3,(H,32,34)/b25-5+. The van der Waals surface area contributed by atoms with Gasteiger partial charge in [0.25, 0.3) is 0 Å². The summed E-state index contributed by atoms with van der Waals surface area (Å²) in [6, 6.07) is 20.7. The molecule has 0 saturated heterocycles. The fourth-order valence-electron chi connectivity index (χ4n) is 3.83. The van der Waals surface area contributed by atoms with Crippen LogP contribution in [-0.2, 0) is 11.2 Å². The van der Waals surface area contributed by atoms with Crippen molar-refractivity contribution < 1.29 is 9.18 Å². The van der Waals surface area contributed by atoms with Crippen molar-refractivity contribution in [2.45, 2.75) is 44.0 Å². The molecule has 4 rings (SSSR count). The quantitative estimate of drug-likeness (QED) is 0.295. The Balaban J connectivity index is 1.48. The van der Waals surface area contributed by atoms with Crippen LogP contribution < -0.4 is 16.4 Å². The van der Waals surface area contributed by atoms with E-state index in [0.717, 1.165) is 49.2 Å². The average Bonchev–Trinajstić information content (AvgIpc) is 3.25. The molecule has 7 heteroatoms. The molecule has 186 valence electrons. The predicted octanol–water partition coefficient (Wildman–Crippen LogP) is 6.55. The smallest absolute Gasteiger partial charge is 0.226 e. The highest BCUT2D eigenvalue weighted by Gasteiger charge is 2.27. The number of rotatable bonds is 8. The van der Waals surface area contributed by atoms with Gasteiger partial charge in [0.15, 0.2) is 5.50 Å². The SMILES string of the molecule is CC/C=C(\N)Sc1cc(CC(=O)NC2NC(c3ccc(C)cc3)=C(c3ccc(F)cc3)S2)ccc1C. The maximum absolute atomic E-state index is 13.5. The van der Waals surface area contributed by atoms with Crippen LogP contribution in [0.3, 0.4) is 0 Å². The maximum Gasteiger partial charge on any atom is 0.226 e. The fourth-order valence-corrected chi connectivity index (χ4v) is 5.95. The number of aryl methyl sites for hydroxylation is 2. The summed E-state index contributed by atoms with van der Waals surface area (Å²) < 4.78 is 13.5. The second-order valence-electron chi connectivity index (χ2n) is 8.68. The highest BCUT2D eigenvalue weighted by atomic mass is 32.2. The van der Waals surface area contributed by atoms with Crippen LogP contribution in [0.1, 0.15) is 41.2 Å². The summed E-state index contributed by atoms with van der Waals surface area (Å²) in [4.78, 5) is 15.0. The summed E-state index contributed by atoms with van der Waals surface area (Å²) >= 11 is 3.05. The molecule has 0 aromatic heterocycles. The van der Waals surface area contributed by atoms with E-state index < -0.39 is 0 Å². The van der Waals surface area contributed by atoms with Crippen molar-refractivity contribution in [1.82, 2.24) is 10.6 Å². The molecule has 0 fully saturated rings. The number of carbonyl (C=O) groups is 1. The minimum Gasteiger partial charge on any atom is -0.394 e. The Morgan fingerprint density at radius 1 is 1.08 bits per heavy atom. The van der Waals surface area contributed by atoms with E-state index in [1.165, 1.54) is 41.2 Å².